The maximum absolute atomic E-state index is 13.0. The highest BCUT2D eigenvalue weighted by Gasteiger charge is 2.11. The van der Waals surface area contributed by atoms with Crippen molar-refractivity contribution in [2.45, 2.75) is 13.5 Å². The summed E-state index contributed by atoms with van der Waals surface area (Å²) < 4.78 is 14.1. The molecule has 31 heavy (non-hydrogen) atoms. The second-order valence-corrected chi connectivity index (χ2v) is 8.06. The van der Waals surface area contributed by atoms with E-state index in [2.05, 4.69) is 4.98 Å². The highest BCUT2D eigenvalue weighted by Crippen LogP contribution is 2.29. The third-order valence-corrected chi connectivity index (χ3v) is 5.92. The number of benzene rings is 3. The second-order valence-electron chi connectivity index (χ2n) is 7.05. The van der Waals surface area contributed by atoms with Gasteiger partial charge in [-0.3, -0.25) is 4.79 Å². The average Bonchev–Trinajstić information content (AvgIpc) is 3.30. The number of nitrogens with zero attached hydrogens (tertiary/aromatic N) is 2. The molecule has 0 bridgehead atoms. The topological polar surface area (TPSA) is 52.8 Å². The van der Waals surface area contributed by atoms with Gasteiger partial charge in [0.05, 0.1) is 22.2 Å². The molecule has 2 heterocycles. The summed E-state index contributed by atoms with van der Waals surface area (Å²) in [5.74, 6) is 1.34. The van der Waals surface area contributed by atoms with Crippen LogP contribution in [-0.4, -0.2) is 16.0 Å². The van der Waals surface area contributed by atoms with Gasteiger partial charge in [-0.15, -0.1) is 0 Å². The molecular formula is C25H20N2O3S. The first kappa shape index (κ1) is 19.3. The molecule has 0 aliphatic rings. The first-order valence-electron chi connectivity index (χ1n) is 10.1. The van der Waals surface area contributed by atoms with Crippen LogP contribution in [0.15, 0.2) is 77.6 Å². The van der Waals surface area contributed by atoms with Crippen molar-refractivity contribution in [3.63, 3.8) is 0 Å². The number of para-hydroxylation sites is 2. The summed E-state index contributed by atoms with van der Waals surface area (Å²) in [5, 5.41) is 0. The molecule has 0 fully saturated rings. The lowest BCUT2D eigenvalue weighted by Crippen LogP contribution is -2.22. The van der Waals surface area contributed by atoms with Crippen molar-refractivity contribution < 1.29 is 9.47 Å². The van der Waals surface area contributed by atoms with Gasteiger partial charge in [-0.2, -0.15) is 0 Å². The van der Waals surface area contributed by atoms with Crippen molar-refractivity contribution in [3.05, 3.63) is 98.8 Å². The van der Waals surface area contributed by atoms with Gasteiger partial charge in [0.1, 0.15) is 6.61 Å². The molecule has 0 amide bonds. The molecule has 3 aromatic carbocycles. The fraction of sp³-hybridized carbons (Fsp3) is 0.120. The molecule has 5 nitrogen and oxygen atoms in total. The lowest BCUT2D eigenvalue weighted by molar-refractivity contribution is 0.269. The van der Waals surface area contributed by atoms with Crippen LogP contribution in [0.1, 0.15) is 18.1 Å². The number of rotatable bonds is 6. The summed E-state index contributed by atoms with van der Waals surface area (Å²) >= 11 is 1.39. The van der Waals surface area contributed by atoms with E-state index >= 15 is 0 Å². The van der Waals surface area contributed by atoms with E-state index in [0.29, 0.717) is 34.2 Å². The molecule has 0 spiro atoms. The quantitative estimate of drug-likeness (QED) is 0.401. The first-order valence-corrected chi connectivity index (χ1v) is 10.9. The van der Waals surface area contributed by atoms with Crippen molar-refractivity contribution in [1.29, 1.82) is 0 Å². The normalized spacial score (nSPS) is 12.0. The Balaban J connectivity index is 1.50. The summed E-state index contributed by atoms with van der Waals surface area (Å²) in [4.78, 5) is 18.3. The Morgan fingerprint density at radius 3 is 2.61 bits per heavy atom. The van der Waals surface area contributed by atoms with E-state index in [1.165, 1.54) is 11.3 Å². The van der Waals surface area contributed by atoms with Crippen LogP contribution in [-0.2, 0) is 6.61 Å². The number of hydrogen-bond donors (Lipinski definition) is 0. The zero-order valence-corrected chi connectivity index (χ0v) is 17.8. The standard InChI is InChI=1S/C25H20N2O3S/c1-2-29-22-14-18(12-13-21(22)30-16-17-8-4-3-5-9-17)15-23-24(28)27-20-11-7-6-10-19(20)26-25(27)31-23/h3-15H,2,16H2,1H3/b23-15-. The zero-order chi connectivity index (χ0) is 21.2. The van der Waals surface area contributed by atoms with Crippen molar-refractivity contribution in [1.82, 2.24) is 9.38 Å². The first-order chi connectivity index (χ1) is 15.2. The number of imidazole rings is 1. The van der Waals surface area contributed by atoms with Crippen LogP contribution in [0.25, 0.3) is 22.1 Å². The maximum Gasteiger partial charge on any atom is 0.274 e. The Bertz CT molecular complexity index is 1470. The van der Waals surface area contributed by atoms with Crippen LogP contribution < -0.4 is 19.6 Å². The molecule has 0 radical (unpaired) electrons. The number of thiazole rings is 1. The van der Waals surface area contributed by atoms with Gasteiger partial charge in [-0.25, -0.2) is 9.38 Å². The van der Waals surface area contributed by atoms with E-state index in [1.54, 1.807) is 4.40 Å². The Labute approximate surface area is 182 Å². The molecule has 0 aliphatic carbocycles. The van der Waals surface area contributed by atoms with Gasteiger partial charge in [-0.05, 0) is 48.4 Å². The van der Waals surface area contributed by atoms with E-state index < -0.39 is 0 Å². The van der Waals surface area contributed by atoms with Crippen molar-refractivity contribution in [3.8, 4) is 11.5 Å². The van der Waals surface area contributed by atoms with Gasteiger partial charge in [0, 0.05) is 0 Å². The minimum Gasteiger partial charge on any atom is -0.490 e. The second kappa shape index (κ2) is 8.24. The number of aromatic nitrogens is 2. The number of fused-ring (bicyclic) bond motifs is 3. The van der Waals surface area contributed by atoms with Crippen molar-refractivity contribution in [2.75, 3.05) is 6.61 Å². The summed E-state index contributed by atoms with van der Waals surface area (Å²) in [6.45, 7) is 2.92. The molecule has 0 atom stereocenters. The fourth-order valence-corrected chi connectivity index (χ4v) is 4.49. The van der Waals surface area contributed by atoms with Crippen molar-refractivity contribution >= 4 is 33.4 Å². The molecule has 0 aliphatic heterocycles. The zero-order valence-electron chi connectivity index (χ0n) is 16.9. The fourth-order valence-electron chi connectivity index (χ4n) is 3.50. The molecule has 6 heteroatoms. The van der Waals surface area contributed by atoms with Gasteiger partial charge < -0.3 is 9.47 Å². The Morgan fingerprint density at radius 2 is 1.77 bits per heavy atom. The Hall–Kier alpha value is -3.64. The third kappa shape index (κ3) is 3.78. The Kier molecular flexibility index (Phi) is 5.14. The van der Waals surface area contributed by atoms with Crippen LogP contribution in [0.2, 0.25) is 0 Å². The number of ether oxygens (including phenoxy) is 2. The summed E-state index contributed by atoms with van der Waals surface area (Å²) in [6.07, 6.45) is 1.87. The highest BCUT2D eigenvalue weighted by molar-refractivity contribution is 7.15. The van der Waals surface area contributed by atoms with Crippen LogP contribution in [0.3, 0.4) is 0 Å². The minimum absolute atomic E-state index is 0.0592. The molecule has 0 saturated heterocycles. The van der Waals surface area contributed by atoms with Gasteiger partial charge >= 0.3 is 0 Å². The minimum atomic E-state index is -0.0592. The molecule has 2 aromatic heterocycles. The van der Waals surface area contributed by atoms with Crippen LogP contribution in [0.5, 0.6) is 11.5 Å². The van der Waals surface area contributed by atoms with Gasteiger partial charge in [0.2, 0.25) is 0 Å². The van der Waals surface area contributed by atoms with Gasteiger partial charge in [0.15, 0.2) is 16.5 Å². The predicted octanol–water partition coefficient (Wildman–Crippen LogP) is 4.43. The summed E-state index contributed by atoms with van der Waals surface area (Å²) in [7, 11) is 0. The van der Waals surface area contributed by atoms with Crippen molar-refractivity contribution in [2.24, 2.45) is 0 Å². The number of hydrogen-bond acceptors (Lipinski definition) is 5. The van der Waals surface area contributed by atoms with E-state index in [-0.39, 0.29) is 5.56 Å². The molecule has 154 valence electrons. The molecular weight excluding hydrogens is 408 g/mol. The van der Waals surface area contributed by atoms with E-state index in [4.69, 9.17) is 9.47 Å². The average molecular weight is 429 g/mol. The van der Waals surface area contributed by atoms with E-state index in [0.717, 1.165) is 22.2 Å². The summed E-state index contributed by atoms with van der Waals surface area (Å²) in [5.41, 5.74) is 3.57. The van der Waals surface area contributed by atoms with Gasteiger partial charge in [0.25, 0.3) is 5.56 Å². The van der Waals surface area contributed by atoms with Gasteiger partial charge in [-0.1, -0.05) is 59.9 Å². The van der Waals surface area contributed by atoms with E-state index in [9.17, 15) is 4.79 Å². The lowest BCUT2D eigenvalue weighted by Gasteiger charge is -2.12. The lowest BCUT2D eigenvalue weighted by atomic mass is 10.2. The third-order valence-electron chi connectivity index (χ3n) is 4.95. The largest absolute Gasteiger partial charge is 0.490 e. The monoisotopic (exact) mass is 428 g/mol. The predicted molar refractivity (Wildman–Crippen MR) is 124 cm³/mol. The van der Waals surface area contributed by atoms with E-state index in [1.807, 2.05) is 85.8 Å². The molecule has 0 N–H and O–H groups in total. The van der Waals surface area contributed by atoms with Crippen LogP contribution in [0, 0.1) is 0 Å². The molecule has 0 unspecified atom stereocenters. The molecule has 5 rings (SSSR count). The maximum atomic E-state index is 13.0. The Morgan fingerprint density at radius 1 is 0.968 bits per heavy atom. The molecule has 0 saturated carbocycles. The van der Waals surface area contributed by atoms with Crippen LogP contribution in [0.4, 0.5) is 0 Å². The summed E-state index contributed by atoms with van der Waals surface area (Å²) in [6, 6.07) is 23.4. The van der Waals surface area contributed by atoms with Crippen LogP contribution >= 0.6 is 11.3 Å². The smallest absolute Gasteiger partial charge is 0.274 e. The molecule has 5 aromatic rings. The highest BCUT2D eigenvalue weighted by atomic mass is 32.1. The SMILES string of the molecule is CCOc1cc(/C=c2\sc3nc4ccccc4n3c2=O)ccc1OCc1ccccc1.